The molecule has 2 rings (SSSR count). The summed E-state index contributed by atoms with van der Waals surface area (Å²) in [6.45, 7) is 0. The van der Waals surface area contributed by atoms with Gasteiger partial charge in [0.05, 0.1) is 23.3 Å². The summed E-state index contributed by atoms with van der Waals surface area (Å²) < 4.78 is 3.66. The third-order valence-corrected chi connectivity index (χ3v) is 3.81. The van der Waals surface area contributed by atoms with Gasteiger partial charge in [-0.25, -0.2) is 0 Å². The molecule has 100 valence electrons. The Bertz CT molecular complexity index is 597. The highest BCUT2D eigenvalue weighted by Crippen LogP contribution is 2.19. The predicted octanol–water partition coefficient (Wildman–Crippen LogP) is 6.17. The van der Waals surface area contributed by atoms with Crippen LogP contribution in [0.5, 0.6) is 0 Å². The van der Waals surface area contributed by atoms with E-state index in [4.69, 9.17) is 10.5 Å². The van der Waals surface area contributed by atoms with Crippen LogP contribution >= 0.6 is 63.7 Å². The number of rotatable bonds is 0. The first-order chi connectivity index (χ1) is 9.44. The fourth-order valence-electron chi connectivity index (χ4n) is 1.24. The molecule has 0 N–H and O–H groups in total. The molecule has 0 radical (unpaired) electrons. The van der Waals surface area contributed by atoms with Crippen molar-refractivity contribution in [1.29, 1.82) is 10.5 Å². The molecule has 0 aliphatic rings. The van der Waals surface area contributed by atoms with Gasteiger partial charge in [0.25, 0.3) is 0 Å². The predicted molar refractivity (Wildman–Crippen MR) is 93.1 cm³/mol. The van der Waals surface area contributed by atoms with Crippen molar-refractivity contribution in [3.63, 3.8) is 0 Å². The first-order valence-electron chi connectivity index (χ1n) is 5.17. The van der Waals surface area contributed by atoms with Crippen molar-refractivity contribution in [2.24, 2.45) is 0 Å². The van der Waals surface area contributed by atoms with Gasteiger partial charge in [0.15, 0.2) is 0 Å². The van der Waals surface area contributed by atoms with Crippen LogP contribution in [0.25, 0.3) is 0 Å². The molecule has 2 aromatic rings. The Labute approximate surface area is 150 Å². The second-order valence-corrected chi connectivity index (χ2v) is 7.20. The topological polar surface area (TPSA) is 47.6 Å². The van der Waals surface area contributed by atoms with Crippen LogP contribution < -0.4 is 0 Å². The highest BCUT2D eigenvalue weighted by Gasteiger charge is 1.94. The zero-order chi connectivity index (χ0) is 15.1. The quantitative estimate of drug-likeness (QED) is 0.416. The maximum absolute atomic E-state index is 8.49. The van der Waals surface area contributed by atoms with Gasteiger partial charge in [-0.1, -0.05) is 63.7 Å². The van der Waals surface area contributed by atoms with Crippen LogP contribution in [0.3, 0.4) is 0 Å². The normalized spacial score (nSPS) is 8.90. The number of hydrogen-bond acceptors (Lipinski definition) is 2. The molecule has 2 nitrogen and oxygen atoms in total. The first-order valence-corrected chi connectivity index (χ1v) is 8.34. The maximum atomic E-state index is 8.49. The van der Waals surface area contributed by atoms with Crippen molar-refractivity contribution in [3.8, 4) is 12.1 Å². The molecule has 0 atom stereocenters. The molecular formula is C14H6Br4N2. The second kappa shape index (κ2) is 8.59. The van der Waals surface area contributed by atoms with Gasteiger partial charge in [-0.3, -0.25) is 0 Å². The molecule has 0 bridgehead atoms. The number of hydrogen-bond donors (Lipinski definition) is 0. The van der Waals surface area contributed by atoms with Crippen LogP contribution in [0.1, 0.15) is 11.1 Å². The minimum absolute atomic E-state index is 0.654. The summed E-state index contributed by atoms with van der Waals surface area (Å²) >= 11 is 13.1. The van der Waals surface area contributed by atoms with Crippen molar-refractivity contribution < 1.29 is 0 Å². The van der Waals surface area contributed by atoms with Gasteiger partial charge in [-0.05, 0) is 36.4 Å². The Balaban J connectivity index is 0.000000200. The van der Waals surface area contributed by atoms with E-state index in [9.17, 15) is 0 Å². The molecule has 6 heteroatoms. The Morgan fingerprint density at radius 3 is 1.00 bits per heavy atom. The summed E-state index contributed by atoms with van der Waals surface area (Å²) in [5, 5.41) is 17.0. The van der Waals surface area contributed by atoms with Gasteiger partial charge in [-0.15, -0.1) is 0 Å². The average molecular weight is 522 g/mol. The van der Waals surface area contributed by atoms with Crippen LogP contribution in [0.15, 0.2) is 54.3 Å². The highest BCUT2D eigenvalue weighted by molar-refractivity contribution is 9.11. The lowest BCUT2D eigenvalue weighted by Crippen LogP contribution is -1.73. The minimum Gasteiger partial charge on any atom is -0.192 e. The van der Waals surface area contributed by atoms with E-state index in [-0.39, 0.29) is 0 Å². The van der Waals surface area contributed by atoms with Gasteiger partial charge in [0, 0.05) is 17.9 Å². The first kappa shape index (κ1) is 17.4. The molecule has 0 aliphatic carbocycles. The largest absolute Gasteiger partial charge is 0.192 e. The van der Waals surface area contributed by atoms with Gasteiger partial charge in [-0.2, -0.15) is 10.5 Å². The number of nitriles is 2. The maximum Gasteiger partial charge on any atom is 0.0992 e. The molecule has 0 amide bonds. The molecule has 0 spiro atoms. The SMILES string of the molecule is N#Cc1cc(Br)cc(Br)c1.N#Cc1cc(Br)cc(Br)c1. The number of benzene rings is 2. The van der Waals surface area contributed by atoms with Gasteiger partial charge in [0.2, 0.25) is 0 Å². The molecule has 2 aromatic carbocycles. The Morgan fingerprint density at radius 1 is 0.550 bits per heavy atom. The molecular weight excluding hydrogens is 516 g/mol. The van der Waals surface area contributed by atoms with E-state index >= 15 is 0 Å². The van der Waals surface area contributed by atoms with Crippen molar-refractivity contribution in [2.75, 3.05) is 0 Å². The van der Waals surface area contributed by atoms with Gasteiger partial charge >= 0.3 is 0 Å². The zero-order valence-electron chi connectivity index (χ0n) is 9.87. The summed E-state index contributed by atoms with van der Waals surface area (Å²) in [6.07, 6.45) is 0. The standard InChI is InChI=1S/2C7H3Br2N/c2*8-6-1-5(4-10)2-7(9)3-6/h2*1-3H. The lowest BCUT2D eigenvalue weighted by atomic mass is 10.2. The Hall–Kier alpha value is -0.660. The monoisotopic (exact) mass is 518 g/mol. The highest BCUT2D eigenvalue weighted by atomic mass is 79.9. The van der Waals surface area contributed by atoms with E-state index in [2.05, 4.69) is 63.7 Å². The zero-order valence-corrected chi connectivity index (χ0v) is 16.2. The van der Waals surface area contributed by atoms with Crippen LogP contribution in [0.4, 0.5) is 0 Å². The Kier molecular flexibility index (Phi) is 7.47. The molecule has 0 saturated carbocycles. The number of halogens is 4. The molecule has 20 heavy (non-hydrogen) atoms. The summed E-state index contributed by atoms with van der Waals surface area (Å²) in [5.41, 5.74) is 1.31. The summed E-state index contributed by atoms with van der Waals surface area (Å²) in [6, 6.07) is 15.0. The van der Waals surface area contributed by atoms with Gasteiger partial charge < -0.3 is 0 Å². The smallest absolute Gasteiger partial charge is 0.0992 e. The van der Waals surface area contributed by atoms with Crippen molar-refractivity contribution >= 4 is 63.7 Å². The van der Waals surface area contributed by atoms with Crippen molar-refractivity contribution in [3.05, 3.63) is 65.4 Å². The lowest BCUT2D eigenvalue weighted by molar-refractivity contribution is 1.46. The summed E-state index contributed by atoms with van der Waals surface area (Å²) in [4.78, 5) is 0. The molecule has 0 unspecified atom stereocenters. The van der Waals surface area contributed by atoms with E-state index in [1.54, 1.807) is 24.3 Å². The van der Waals surface area contributed by atoms with Crippen LogP contribution in [-0.2, 0) is 0 Å². The van der Waals surface area contributed by atoms with Crippen LogP contribution in [0, 0.1) is 22.7 Å². The molecule has 0 aromatic heterocycles. The summed E-state index contributed by atoms with van der Waals surface area (Å²) in [7, 11) is 0. The molecule has 0 saturated heterocycles. The van der Waals surface area contributed by atoms with E-state index in [0.29, 0.717) is 11.1 Å². The van der Waals surface area contributed by atoms with Crippen LogP contribution in [0.2, 0.25) is 0 Å². The van der Waals surface area contributed by atoms with Crippen LogP contribution in [-0.4, -0.2) is 0 Å². The van der Waals surface area contributed by atoms with Crippen molar-refractivity contribution in [1.82, 2.24) is 0 Å². The molecule has 0 heterocycles. The van der Waals surface area contributed by atoms with E-state index < -0.39 is 0 Å². The van der Waals surface area contributed by atoms with E-state index in [1.807, 2.05) is 24.3 Å². The van der Waals surface area contributed by atoms with Crippen molar-refractivity contribution in [2.45, 2.75) is 0 Å². The Morgan fingerprint density at radius 2 is 0.800 bits per heavy atom. The second-order valence-electron chi connectivity index (χ2n) is 3.54. The summed E-state index contributed by atoms with van der Waals surface area (Å²) in [5.74, 6) is 0. The molecule has 0 aliphatic heterocycles. The minimum atomic E-state index is 0.654. The third-order valence-electron chi connectivity index (χ3n) is 1.98. The van der Waals surface area contributed by atoms with E-state index in [1.165, 1.54) is 0 Å². The molecule has 0 fully saturated rings. The van der Waals surface area contributed by atoms with Gasteiger partial charge in [0.1, 0.15) is 0 Å². The lowest BCUT2D eigenvalue weighted by Gasteiger charge is -1.92. The third kappa shape index (κ3) is 6.19. The fourth-order valence-corrected chi connectivity index (χ4v) is 3.82. The average Bonchev–Trinajstić information content (AvgIpc) is 2.37. The number of nitrogens with zero attached hydrogens (tertiary/aromatic N) is 2. The van der Waals surface area contributed by atoms with E-state index in [0.717, 1.165) is 17.9 Å². The fraction of sp³-hybridized carbons (Fsp3) is 0.